The fourth-order valence-electron chi connectivity index (χ4n) is 1.92. The zero-order chi connectivity index (χ0) is 11.4. The van der Waals surface area contributed by atoms with Gasteiger partial charge < -0.3 is 14.7 Å². The van der Waals surface area contributed by atoms with Gasteiger partial charge in [-0.1, -0.05) is 0 Å². The van der Waals surface area contributed by atoms with E-state index in [-0.39, 0.29) is 12.2 Å². The molecule has 15 heavy (non-hydrogen) atoms. The molecule has 1 N–H and O–H groups in total. The number of amides is 1. The summed E-state index contributed by atoms with van der Waals surface area (Å²) < 4.78 is 5.49. The van der Waals surface area contributed by atoms with Crippen LogP contribution in [0.1, 0.15) is 26.7 Å². The Balaban J connectivity index is 2.73. The van der Waals surface area contributed by atoms with Crippen molar-refractivity contribution < 1.29 is 19.4 Å². The van der Waals surface area contributed by atoms with Crippen LogP contribution in [0.4, 0.5) is 0 Å². The quantitative estimate of drug-likeness (QED) is 0.677. The molecule has 5 nitrogen and oxygen atoms in total. The maximum atomic E-state index is 11.1. The number of aliphatic carboxylic acids is 1. The molecule has 0 bridgehead atoms. The molecule has 1 amide bonds. The van der Waals surface area contributed by atoms with Crippen molar-refractivity contribution in [1.29, 1.82) is 0 Å². The van der Waals surface area contributed by atoms with Crippen molar-refractivity contribution in [3.05, 3.63) is 0 Å². The van der Waals surface area contributed by atoms with Crippen LogP contribution in [0.5, 0.6) is 0 Å². The van der Waals surface area contributed by atoms with Crippen LogP contribution in [0.3, 0.4) is 0 Å². The topological polar surface area (TPSA) is 66.8 Å². The standard InChI is InChI=1S/C10H17NO4/c1-3-11(6-12)9(10(13)14)8-5-4-7(2)15-8/h6-9H,3-5H2,1-2H3,(H,13,14). The van der Waals surface area contributed by atoms with E-state index in [0.717, 1.165) is 6.42 Å². The highest BCUT2D eigenvalue weighted by atomic mass is 16.5. The highest BCUT2D eigenvalue weighted by molar-refractivity contribution is 5.77. The lowest BCUT2D eigenvalue weighted by atomic mass is 10.1. The van der Waals surface area contributed by atoms with Gasteiger partial charge in [0.1, 0.15) is 0 Å². The van der Waals surface area contributed by atoms with Gasteiger partial charge in [0.2, 0.25) is 6.41 Å². The molecule has 0 radical (unpaired) electrons. The first kappa shape index (κ1) is 12.0. The smallest absolute Gasteiger partial charge is 0.329 e. The zero-order valence-electron chi connectivity index (χ0n) is 9.05. The van der Waals surface area contributed by atoms with E-state index in [1.165, 1.54) is 4.90 Å². The van der Waals surface area contributed by atoms with Gasteiger partial charge >= 0.3 is 5.97 Å². The maximum Gasteiger partial charge on any atom is 0.329 e. The molecule has 1 fully saturated rings. The molecule has 0 aliphatic carbocycles. The number of ether oxygens (including phenoxy) is 1. The van der Waals surface area contributed by atoms with Gasteiger partial charge in [0, 0.05) is 6.54 Å². The summed E-state index contributed by atoms with van der Waals surface area (Å²) in [5, 5.41) is 9.07. The lowest BCUT2D eigenvalue weighted by Gasteiger charge is -2.28. The summed E-state index contributed by atoms with van der Waals surface area (Å²) in [6.07, 6.45) is 1.84. The van der Waals surface area contributed by atoms with Crippen LogP contribution in [0, 0.1) is 0 Å². The van der Waals surface area contributed by atoms with Gasteiger partial charge in [0.15, 0.2) is 6.04 Å². The Kier molecular flexibility index (Phi) is 4.08. The summed E-state index contributed by atoms with van der Waals surface area (Å²) in [5.41, 5.74) is 0. The van der Waals surface area contributed by atoms with Crippen molar-refractivity contribution in [3.8, 4) is 0 Å². The van der Waals surface area contributed by atoms with Crippen LogP contribution < -0.4 is 0 Å². The van der Waals surface area contributed by atoms with Crippen LogP contribution in [-0.4, -0.2) is 47.2 Å². The third-order valence-corrected chi connectivity index (χ3v) is 2.73. The molecule has 0 aromatic rings. The van der Waals surface area contributed by atoms with Gasteiger partial charge in [0.25, 0.3) is 0 Å². The molecule has 1 aliphatic rings. The Morgan fingerprint density at radius 2 is 2.33 bits per heavy atom. The number of hydrogen-bond donors (Lipinski definition) is 1. The summed E-state index contributed by atoms with van der Waals surface area (Å²) in [6, 6.07) is -0.850. The lowest BCUT2D eigenvalue weighted by Crippen LogP contribution is -2.48. The molecule has 1 saturated heterocycles. The van der Waals surface area contributed by atoms with Gasteiger partial charge in [-0.15, -0.1) is 0 Å². The fraction of sp³-hybridized carbons (Fsp3) is 0.800. The summed E-state index contributed by atoms with van der Waals surface area (Å²) >= 11 is 0. The first-order valence-electron chi connectivity index (χ1n) is 5.19. The Bertz CT molecular complexity index is 244. The number of likely N-dealkylation sites (N-methyl/N-ethyl adjacent to an activating group) is 1. The molecule has 3 atom stereocenters. The van der Waals surface area contributed by atoms with Crippen LogP contribution in [-0.2, 0) is 14.3 Å². The van der Waals surface area contributed by atoms with E-state index >= 15 is 0 Å². The summed E-state index contributed by atoms with van der Waals surface area (Å²) in [7, 11) is 0. The molecule has 0 aromatic carbocycles. The molecule has 0 aromatic heterocycles. The van der Waals surface area contributed by atoms with Crippen molar-refractivity contribution in [1.82, 2.24) is 4.90 Å². The van der Waals surface area contributed by atoms with Gasteiger partial charge in [-0.05, 0) is 26.7 Å². The van der Waals surface area contributed by atoms with Crippen LogP contribution in [0.15, 0.2) is 0 Å². The van der Waals surface area contributed by atoms with E-state index in [1.54, 1.807) is 6.92 Å². The van der Waals surface area contributed by atoms with E-state index in [2.05, 4.69) is 0 Å². The summed E-state index contributed by atoms with van der Waals surface area (Å²) in [5.74, 6) is -0.997. The Morgan fingerprint density at radius 1 is 1.67 bits per heavy atom. The molecule has 1 heterocycles. The van der Waals surface area contributed by atoms with Gasteiger partial charge in [-0.3, -0.25) is 4.79 Å². The molecule has 0 saturated carbocycles. The van der Waals surface area contributed by atoms with Crippen molar-refractivity contribution >= 4 is 12.4 Å². The van der Waals surface area contributed by atoms with Crippen molar-refractivity contribution in [2.45, 2.75) is 44.9 Å². The van der Waals surface area contributed by atoms with E-state index in [0.29, 0.717) is 19.4 Å². The number of nitrogens with zero attached hydrogens (tertiary/aromatic N) is 1. The zero-order valence-corrected chi connectivity index (χ0v) is 9.05. The second-order valence-corrected chi connectivity index (χ2v) is 3.78. The second kappa shape index (κ2) is 5.11. The first-order chi connectivity index (χ1) is 7.10. The van der Waals surface area contributed by atoms with Gasteiger partial charge in [0.05, 0.1) is 12.2 Å². The molecular formula is C10H17NO4. The minimum atomic E-state index is -0.997. The lowest BCUT2D eigenvalue weighted by molar-refractivity contribution is -0.152. The SMILES string of the molecule is CCN(C=O)C(C(=O)O)C1CCC(C)O1. The summed E-state index contributed by atoms with van der Waals surface area (Å²) in [4.78, 5) is 23.1. The highest BCUT2D eigenvalue weighted by Gasteiger charge is 2.37. The number of carbonyl (C=O) groups excluding carboxylic acids is 1. The third-order valence-electron chi connectivity index (χ3n) is 2.73. The first-order valence-corrected chi connectivity index (χ1v) is 5.19. The van der Waals surface area contributed by atoms with E-state index in [9.17, 15) is 9.59 Å². The molecule has 5 heteroatoms. The molecule has 0 spiro atoms. The summed E-state index contributed by atoms with van der Waals surface area (Å²) in [6.45, 7) is 4.05. The normalized spacial score (nSPS) is 27.3. The molecular weight excluding hydrogens is 198 g/mol. The Hall–Kier alpha value is -1.10. The molecule has 1 rings (SSSR count). The highest BCUT2D eigenvalue weighted by Crippen LogP contribution is 2.24. The van der Waals surface area contributed by atoms with Crippen molar-refractivity contribution in [3.63, 3.8) is 0 Å². The van der Waals surface area contributed by atoms with E-state index < -0.39 is 12.0 Å². The minimum Gasteiger partial charge on any atom is -0.480 e. The molecule has 86 valence electrons. The average Bonchev–Trinajstić information content (AvgIpc) is 2.59. The Labute approximate surface area is 89.0 Å². The monoisotopic (exact) mass is 215 g/mol. The van der Waals surface area contributed by atoms with Crippen molar-refractivity contribution in [2.24, 2.45) is 0 Å². The number of rotatable bonds is 5. The number of carboxylic acids is 1. The third kappa shape index (κ3) is 2.68. The minimum absolute atomic E-state index is 0.0854. The van der Waals surface area contributed by atoms with Gasteiger partial charge in [-0.25, -0.2) is 4.79 Å². The van der Waals surface area contributed by atoms with Crippen LogP contribution in [0.25, 0.3) is 0 Å². The Morgan fingerprint density at radius 3 is 2.67 bits per heavy atom. The predicted molar refractivity (Wildman–Crippen MR) is 53.4 cm³/mol. The maximum absolute atomic E-state index is 11.1. The van der Waals surface area contributed by atoms with E-state index in [4.69, 9.17) is 9.84 Å². The number of hydrogen-bond acceptors (Lipinski definition) is 3. The van der Waals surface area contributed by atoms with Crippen molar-refractivity contribution in [2.75, 3.05) is 6.54 Å². The fourth-order valence-corrected chi connectivity index (χ4v) is 1.92. The number of carboxylic acid groups (broad SMARTS) is 1. The van der Waals surface area contributed by atoms with E-state index in [1.807, 2.05) is 6.92 Å². The molecule has 3 unspecified atom stereocenters. The van der Waals surface area contributed by atoms with Crippen LogP contribution >= 0.6 is 0 Å². The average molecular weight is 215 g/mol. The molecule has 1 aliphatic heterocycles. The van der Waals surface area contributed by atoms with Crippen LogP contribution in [0.2, 0.25) is 0 Å². The number of carbonyl (C=O) groups is 2. The predicted octanol–water partition coefficient (Wildman–Crippen LogP) is 0.485. The largest absolute Gasteiger partial charge is 0.480 e. The van der Waals surface area contributed by atoms with Gasteiger partial charge in [-0.2, -0.15) is 0 Å². The second-order valence-electron chi connectivity index (χ2n) is 3.78.